The number of ether oxygens (including phenoxy) is 2. The highest BCUT2D eigenvalue weighted by Crippen LogP contribution is 2.27. The Labute approximate surface area is 149 Å². The van der Waals surface area contributed by atoms with Gasteiger partial charge in [0.05, 0.1) is 18.6 Å². The van der Waals surface area contributed by atoms with E-state index >= 15 is 0 Å². The highest BCUT2D eigenvalue weighted by molar-refractivity contribution is 5.99. The Morgan fingerprint density at radius 2 is 2.00 bits per heavy atom. The van der Waals surface area contributed by atoms with E-state index < -0.39 is 24.6 Å². The van der Waals surface area contributed by atoms with Crippen LogP contribution in [-0.2, 0) is 11.2 Å². The summed E-state index contributed by atoms with van der Waals surface area (Å²) in [6.07, 6.45) is -3.63. The van der Waals surface area contributed by atoms with E-state index in [0.717, 1.165) is 0 Å². The van der Waals surface area contributed by atoms with Crippen LogP contribution in [0.2, 0.25) is 0 Å². The van der Waals surface area contributed by atoms with Crippen molar-refractivity contribution in [2.45, 2.75) is 31.0 Å². The van der Waals surface area contributed by atoms with E-state index in [-0.39, 0.29) is 35.9 Å². The number of aliphatic hydroxyl groups is 3. The van der Waals surface area contributed by atoms with Gasteiger partial charge in [-0.3, -0.25) is 9.78 Å². The number of carbonyl (C=O) groups is 1. The van der Waals surface area contributed by atoms with Crippen LogP contribution >= 0.6 is 0 Å². The quantitative estimate of drug-likeness (QED) is 0.549. The Bertz CT molecular complexity index is 767. The van der Waals surface area contributed by atoms with E-state index in [2.05, 4.69) is 4.98 Å². The molecule has 1 aliphatic heterocycles. The summed E-state index contributed by atoms with van der Waals surface area (Å²) in [5.74, 6) is -0.445. The molecule has 0 spiro atoms. The van der Waals surface area contributed by atoms with Gasteiger partial charge in [-0.05, 0) is 24.3 Å². The minimum Gasteiger partial charge on any atom is -0.507 e. The summed E-state index contributed by atoms with van der Waals surface area (Å²) < 4.78 is 10.5. The van der Waals surface area contributed by atoms with Gasteiger partial charge < -0.3 is 29.9 Å². The van der Waals surface area contributed by atoms with Crippen LogP contribution in [0.25, 0.3) is 0 Å². The number of aromatic hydroxyl groups is 1. The molecule has 0 radical (unpaired) electrons. The van der Waals surface area contributed by atoms with E-state index in [1.165, 1.54) is 18.2 Å². The molecule has 0 bridgehead atoms. The molecule has 26 heavy (non-hydrogen) atoms. The van der Waals surface area contributed by atoms with E-state index in [9.17, 15) is 25.2 Å². The molecule has 2 aromatic rings. The van der Waals surface area contributed by atoms with Crippen LogP contribution in [0, 0.1) is 0 Å². The smallest absolute Gasteiger partial charge is 0.228 e. The molecule has 4 N–H and O–H groups in total. The Kier molecular flexibility index (Phi) is 5.48. The van der Waals surface area contributed by atoms with Gasteiger partial charge in [0.2, 0.25) is 6.29 Å². The predicted octanol–water partition coefficient (Wildman–Crippen LogP) is 0.0304. The van der Waals surface area contributed by atoms with Crippen molar-refractivity contribution in [1.29, 1.82) is 0 Å². The van der Waals surface area contributed by atoms with Crippen molar-refractivity contribution in [3.63, 3.8) is 0 Å². The number of aromatic nitrogens is 1. The van der Waals surface area contributed by atoms with E-state index in [1.807, 2.05) is 0 Å². The van der Waals surface area contributed by atoms with E-state index in [4.69, 9.17) is 9.47 Å². The average molecular weight is 361 g/mol. The zero-order valence-corrected chi connectivity index (χ0v) is 13.7. The van der Waals surface area contributed by atoms with Crippen molar-refractivity contribution in [1.82, 2.24) is 4.98 Å². The molecule has 4 unspecified atom stereocenters. The number of phenols is 1. The number of ketones is 1. The summed E-state index contributed by atoms with van der Waals surface area (Å²) in [6.45, 7) is -0.199. The molecule has 1 aliphatic rings. The number of hydrogen-bond donors (Lipinski definition) is 4. The SMILES string of the molecule is O=C(Cc1ccccn1)c1ccc(OC2OCC(O)C(O)C2O)cc1O. The molecule has 4 atom stereocenters. The highest BCUT2D eigenvalue weighted by atomic mass is 16.7. The van der Waals surface area contributed by atoms with Crippen molar-refractivity contribution in [2.75, 3.05) is 6.61 Å². The van der Waals surface area contributed by atoms with E-state index in [0.29, 0.717) is 5.69 Å². The first kappa shape index (κ1) is 18.3. The number of rotatable bonds is 5. The predicted molar refractivity (Wildman–Crippen MR) is 88.8 cm³/mol. The summed E-state index contributed by atoms with van der Waals surface area (Å²) in [6, 6.07) is 9.30. The van der Waals surface area contributed by atoms with Crippen LogP contribution in [0.5, 0.6) is 11.5 Å². The largest absolute Gasteiger partial charge is 0.507 e. The molecule has 2 heterocycles. The third kappa shape index (κ3) is 4.00. The molecule has 138 valence electrons. The fourth-order valence-electron chi connectivity index (χ4n) is 2.60. The Balaban J connectivity index is 1.68. The van der Waals surface area contributed by atoms with Crippen molar-refractivity contribution in [3.05, 3.63) is 53.9 Å². The molecule has 0 amide bonds. The maximum absolute atomic E-state index is 12.3. The fraction of sp³-hybridized carbons (Fsp3) is 0.333. The van der Waals surface area contributed by atoms with Gasteiger partial charge in [-0.2, -0.15) is 0 Å². The van der Waals surface area contributed by atoms with Crippen LogP contribution in [-0.4, -0.2) is 62.4 Å². The zero-order chi connectivity index (χ0) is 18.7. The molecule has 1 aromatic carbocycles. The number of carbonyl (C=O) groups excluding carboxylic acids is 1. The molecule has 3 rings (SSSR count). The van der Waals surface area contributed by atoms with Crippen LogP contribution in [0.15, 0.2) is 42.6 Å². The Morgan fingerprint density at radius 1 is 1.19 bits per heavy atom. The van der Waals surface area contributed by atoms with Gasteiger partial charge in [0.25, 0.3) is 0 Å². The number of nitrogens with zero attached hydrogens (tertiary/aromatic N) is 1. The number of Topliss-reactive ketones (excluding diaryl/α,β-unsaturated/α-hetero) is 1. The summed E-state index contributed by atoms with van der Waals surface area (Å²) in [5.41, 5.74) is 0.701. The van der Waals surface area contributed by atoms with Crippen LogP contribution < -0.4 is 4.74 Å². The lowest BCUT2D eigenvalue weighted by molar-refractivity contribution is -0.242. The average Bonchev–Trinajstić information content (AvgIpc) is 2.63. The third-order valence-electron chi connectivity index (χ3n) is 4.04. The molecule has 8 nitrogen and oxygen atoms in total. The lowest BCUT2D eigenvalue weighted by Gasteiger charge is -2.34. The normalized spacial score (nSPS) is 25.7. The number of benzene rings is 1. The standard InChI is InChI=1S/C18H19NO7/c20-13(7-10-3-1-2-6-19-10)12-5-4-11(8-14(12)21)26-18-17(24)16(23)15(22)9-25-18/h1-6,8,15-18,21-24H,7,9H2. The van der Waals surface area contributed by atoms with Crippen molar-refractivity contribution in [2.24, 2.45) is 0 Å². The van der Waals surface area contributed by atoms with Gasteiger partial charge in [0, 0.05) is 18.0 Å². The minimum atomic E-state index is -1.45. The summed E-state index contributed by atoms with van der Waals surface area (Å²) >= 11 is 0. The monoisotopic (exact) mass is 361 g/mol. The zero-order valence-electron chi connectivity index (χ0n) is 13.7. The molecular weight excluding hydrogens is 342 g/mol. The van der Waals surface area contributed by atoms with Gasteiger partial charge in [0.15, 0.2) is 5.78 Å². The van der Waals surface area contributed by atoms with Crippen molar-refractivity contribution in [3.8, 4) is 11.5 Å². The number of pyridine rings is 1. The van der Waals surface area contributed by atoms with Crippen LogP contribution in [0.1, 0.15) is 16.1 Å². The molecular formula is C18H19NO7. The summed E-state index contributed by atoms with van der Waals surface area (Å²) in [7, 11) is 0. The summed E-state index contributed by atoms with van der Waals surface area (Å²) in [5, 5.41) is 39.0. The first-order valence-corrected chi connectivity index (χ1v) is 8.04. The lowest BCUT2D eigenvalue weighted by atomic mass is 10.0. The van der Waals surface area contributed by atoms with Crippen molar-refractivity contribution >= 4 is 5.78 Å². The molecule has 0 aliphatic carbocycles. The number of aliphatic hydroxyl groups excluding tert-OH is 3. The Hall–Kier alpha value is -2.52. The van der Waals surface area contributed by atoms with Gasteiger partial charge in [-0.15, -0.1) is 0 Å². The van der Waals surface area contributed by atoms with Crippen molar-refractivity contribution < 1.29 is 34.7 Å². The second kappa shape index (κ2) is 7.79. The second-order valence-corrected chi connectivity index (χ2v) is 5.97. The van der Waals surface area contributed by atoms with Gasteiger partial charge in [-0.25, -0.2) is 0 Å². The Morgan fingerprint density at radius 3 is 2.69 bits per heavy atom. The maximum atomic E-state index is 12.3. The first-order valence-electron chi connectivity index (χ1n) is 8.04. The second-order valence-electron chi connectivity index (χ2n) is 5.97. The molecule has 1 aromatic heterocycles. The van der Waals surface area contributed by atoms with Crippen LogP contribution in [0.4, 0.5) is 0 Å². The minimum absolute atomic E-state index is 0.0448. The molecule has 8 heteroatoms. The number of phenolic OH excluding ortho intramolecular Hbond substituents is 1. The summed E-state index contributed by atoms with van der Waals surface area (Å²) in [4.78, 5) is 16.4. The molecule has 1 fully saturated rings. The number of hydrogen-bond acceptors (Lipinski definition) is 8. The topological polar surface area (TPSA) is 129 Å². The maximum Gasteiger partial charge on any atom is 0.228 e. The highest BCUT2D eigenvalue weighted by Gasteiger charge is 2.39. The fourth-order valence-corrected chi connectivity index (χ4v) is 2.60. The van der Waals surface area contributed by atoms with E-state index in [1.54, 1.807) is 24.4 Å². The third-order valence-corrected chi connectivity index (χ3v) is 4.04. The van der Waals surface area contributed by atoms with Gasteiger partial charge in [0.1, 0.15) is 29.8 Å². The molecule has 0 saturated carbocycles. The molecule has 1 saturated heterocycles. The van der Waals surface area contributed by atoms with Gasteiger partial charge in [-0.1, -0.05) is 6.07 Å². The first-order chi connectivity index (χ1) is 12.5. The lowest BCUT2D eigenvalue weighted by Crippen LogP contribution is -2.54. The van der Waals surface area contributed by atoms with Crippen LogP contribution in [0.3, 0.4) is 0 Å². The van der Waals surface area contributed by atoms with Gasteiger partial charge >= 0.3 is 0 Å².